The van der Waals surface area contributed by atoms with Crippen LogP contribution in [0, 0.1) is 11.3 Å². The number of anilines is 2. The Balaban J connectivity index is 1.96. The summed E-state index contributed by atoms with van der Waals surface area (Å²) >= 11 is 1.22. The van der Waals surface area contributed by atoms with Crippen molar-refractivity contribution in [2.24, 2.45) is 0 Å². The number of amides is 2. The van der Waals surface area contributed by atoms with Crippen molar-refractivity contribution in [1.29, 1.82) is 5.26 Å². The lowest BCUT2D eigenvalue weighted by Crippen LogP contribution is -2.28. The molecule has 0 fully saturated rings. The van der Waals surface area contributed by atoms with Crippen LogP contribution in [-0.4, -0.2) is 16.8 Å². The van der Waals surface area contributed by atoms with Crippen molar-refractivity contribution in [1.82, 2.24) is 4.98 Å². The van der Waals surface area contributed by atoms with Gasteiger partial charge in [-0.3, -0.25) is 14.9 Å². The Morgan fingerprint density at radius 1 is 1.16 bits per heavy atom. The number of hydrogen-bond acceptors (Lipinski definition) is 5. The van der Waals surface area contributed by atoms with Crippen LogP contribution in [0.4, 0.5) is 10.8 Å². The predicted octanol–water partition coefficient (Wildman–Crippen LogP) is 1.59. The van der Waals surface area contributed by atoms with E-state index in [0.29, 0.717) is 16.4 Å². The molecule has 0 saturated carbocycles. The number of thiazole rings is 1. The number of nitrogens with one attached hydrogen (secondary N) is 2. The molecule has 19 heavy (non-hydrogen) atoms. The SMILES string of the molecule is N#Cc1ccc(NC(=O)C(=O)Nc2nccs2)cc1. The van der Waals surface area contributed by atoms with Crippen LogP contribution in [-0.2, 0) is 9.59 Å². The molecule has 0 atom stereocenters. The molecule has 0 bridgehead atoms. The molecule has 0 aliphatic carbocycles. The summed E-state index contributed by atoms with van der Waals surface area (Å²) in [6, 6.07) is 8.16. The van der Waals surface area contributed by atoms with Crippen molar-refractivity contribution >= 4 is 34.0 Å². The summed E-state index contributed by atoms with van der Waals surface area (Å²) in [7, 11) is 0. The van der Waals surface area contributed by atoms with Gasteiger partial charge in [-0.2, -0.15) is 5.26 Å². The van der Waals surface area contributed by atoms with Gasteiger partial charge in [-0.05, 0) is 24.3 Å². The molecular formula is C12H8N4O2S. The Kier molecular flexibility index (Phi) is 3.85. The van der Waals surface area contributed by atoms with E-state index in [4.69, 9.17) is 5.26 Å². The summed E-state index contributed by atoms with van der Waals surface area (Å²) in [5.74, 6) is -1.58. The van der Waals surface area contributed by atoms with Crippen LogP contribution in [0.2, 0.25) is 0 Å². The smallest absolute Gasteiger partial charge is 0.315 e. The lowest BCUT2D eigenvalue weighted by Gasteiger charge is -2.04. The first kappa shape index (κ1) is 12.7. The summed E-state index contributed by atoms with van der Waals surface area (Å²) < 4.78 is 0. The molecule has 2 rings (SSSR count). The molecule has 2 amide bonds. The number of carbonyl (C=O) groups excluding carboxylic acids is 2. The maximum absolute atomic E-state index is 11.6. The van der Waals surface area contributed by atoms with Crippen LogP contribution in [0.15, 0.2) is 35.8 Å². The Morgan fingerprint density at radius 2 is 1.84 bits per heavy atom. The van der Waals surface area contributed by atoms with E-state index < -0.39 is 11.8 Å². The minimum atomic E-state index is -0.792. The quantitative estimate of drug-likeness (QED) is 0.811. The Hall–Kier alpha value is -2.72. The molecule has 7 heteroatoms. The highest BCUT2D eigenvalue weighted by Gasteiger charge is 2.14. The van der Waals surface area contributed by atoms with Crippen molar-refractivity contribution in [3.05, 3.63) is 41.4 Å². The zero-order valence-electron chi connectivity index (χ0n) is 9.58. The fourth-order valence-corrected chi connectivity index (χ4v) is 1.78. The summed E-state index contributed by atoms with van der Waals surface area (Å²) in [4.78, 5) is 26.9. The standard InChI is InChI=1S/C12H8N4O2S/c13-7-8-1-3-9(4-2-8)15-10(17)11(18)16-12-14-5-6-19-12/h1-6H,(H,15,17)(H,14,16,18). The van der Waals surface area contributed by atoms with Gasteiger partial charge < -0.3 is 5.32 Å². The van der Waals surface area contributed by atoms with Gasteiger partial charge in [0.05, 0.1) is 11.6 Å². The van der Waals surface area contributed by atoms with Gasteiger partial charge >= 0.3 is 11.8 Å². The number of carbonyl (C=O) groups is 2. The zero-order chi connectivity index (χ0) is 13.7. The van der Waals surface area contributed by atoms with Gasteiger partial charge in [-0.25, -0.2) is 4.98 Å². The maximum atomic E-state index is 11.6. The molecule has 0 saturated heterocycles. The van der Waals surface area contributed by atoms with Crippen LogP contribution in [0.25, 0.3) is 0 Å². The number of aromatic nitrogens is 1. The molecule has 2 N–H and O–H groups in total. The van der Waals surface area contributed by atoms with Crippen molar-refractivity contribution < 1.29 is 9.59 Å². The molecule has 0 spiro atoms. The molecule has 1 aromatic carbocycles. The average molecular weight is 272 g/mol. The monoisotopic (exact) mass is 272 g/mol. The fourth-order valence-electron chi connectivity index (χ4n) is 1.26. The van der Waals surface area contributed by atoms with E-state index in [9.17, 15) is 9.59 Å². The van der Waals surface area contributed by atoms with Crippen molar-refractivity contribution in [2.45, 2.75) is 0 Å². The predicted molar refractivity (Wildman–Crippen MR) is 70.5 cm³/mol. The van der Waals surface area contributed by atoms with Gasteiger partial charge in [0, 0.05) is 17.3 Å². The van der Waals surface area contributed by atoms with E-state index in [1.54, 1.807) is 29.6 Å². The lowest BCUT2D eigenvalue weighted by atomic mass is 10.2. The normalized spacial score (nSPS) is 9.42. The number of nitrogens with zero attached hydrogens (tertiary/aromatic N) is 2. The van der Waals surface area contributed by atoms with E-state index in [1.807, 2.05) is 6.07 Å². The van der Waals surface area contributed by atoms with Crippen molar-refractivity contribution in [3.8, 4) is 6.07 Å². The molecule has 1 aromatic heterocycles. The second-order valence-electron chi connectivity index (χ2n) is 3.43. The van der Waals surface area contributed by atoms with E-state index >= 15 is 0 Å². The molecular weight excluding hydrogens is 264 g/mol. The van der Waals surface area contributed by atoms with Crippen LogP contribution >= 0.6 is 11.3 Å². The molecule has 94 valence electrons. The maximum Gasteiger partial charge on any atom is 0.315 e. The first-order chi connectivity index (χ1) is 9.19. The van der Waals surface area contributed by atoms with Crippen LogP contribution in [0.5, 0.6) is 0 Å². The molecule has 0 aliphatic heterocycles. The van der Waals surface area contributed by atoms with Gasteiger partial charge in [0.2, 0.25) is 0 Å². The van der Waals surface area contributed by atoms with E-state index in [2.05, 4.69) is 15.6 Å². The van der Waals surface area contributed by atoms with Crippen molar-refractivity contribution in [3.63, 3.8) is 0 Å². The first-order valence-electron chi connectivity index (χ1n) is 5.21. The summed E-state index contributed by atoms with van der Waals surface area (Å²) in [5.41, 5.74) is 0.920. The first-order valence-corrected chi connectivity index (χ1v) is 6.09. The van der Waals surface area contributed by atoms with E-state index in [-0.39, 0.29) is 0 Å². The highest BCUT2D eigenvalue weighted by atomic mass is 32.1. The second-order valence-corrected chi connectivity index (χ2v) is 4.33. The minimum absolute atomic E-state index is 0.361. The molecule has 0 unspecified atom stereocenters. The third-order valence-electron chi connectivity index (χ3n) is 2.13. The fraction of sp³-hybridized carbons (Fsp3) is 0. The number of rotatable bonds is 2. The molecule has 0 aliphatic rings. The average Bonchev–Trinajstić information content (AvgIpc) is 2.92. The minimum Gasteiger partial charge on any atom is -0.318 e. The molecule has 2 aromatic rings. The highest BCUT2D eigenvalue weighted by molar-refractivity contribution is 7.13. The topological polar surface area (TPSA) is 94.9 Å². The third kappa shape index (κ3) is 3.37. The molecule has 6 nitrogen and oxygen atoms in total. The molecule has 1 heterocycles. The van der Waals surface area contributed by atoms with Crippen molar-refractivity contribution in [2.75, 3.05) is 10.6 Å². The summed E-state index contributed by atoms with van der Waals surface area (Å²) in [6.07, 6.45) is 1.53. The Labute approximate surface area is 112 Å². The van der Waals surface area contributed by atoms with Gasteiger partial charge in [0.25, 0.3) is 0 Å². The van der Waals surface area contributed by atoms with Crippen LogP contribution < -0.4 is 10.6 Å². The lowest BCUT2D eigenvalue weighted by molar-refractivity contribution is -0.132. The zero-order valence-corrected chi connectivity index (χ0v) is 10.4. The van der Waals surface area contributed by atoms with Crippen LogP contribution in [0.1, 0.15) is 5.56 Å². The van der Waals surface area contributed by atoms with E-state index in [0.717, 1.165) is 0 Å². The van der Waals surface area contributed by atoms with Gasteiger partial charge in [-0.15, -0.1) is 11.3 Å². The Morgan fingerprint density at radius 3 is 2.42 bits per heavy atom. The number of benzene rings is 1. The second kappa shape index (κ2) is 5.75. The number of nitriles is 1. The number of hydrogen-bond donors (Lipinski definition) is 2. The molecule has 0 radical (unpaired) electrons. The van der Waals surface area contributed by atoms with E-state index in [1.165, 1.54) is 17.5 Å². The summed E-state index contributed by atoms with van der Waals surface area (Å²) in [6.45, 7) is 0. The largest absolute Gasteiger partial charge is 0.318 e. The highest BCUT2D eigenvalue weighted by Crippen LogP contribution is 2.11. The van der Waals surface area contributed by atoms with Gasteiger partial charge in [0.15, 0.2) is 5.13 Å². The van der Waals surface area contributed by atoms with Gasteiger partial charge in [0.1, 0.15) is 0 Å². The summed E-state index contributed by atoms with van der Waals surface area (Å²) in [5, 5.41) is 15.5. The Bertz CT molecular complexity index is 629. The van der Waals surface area contributed by atoms with Gasteiger partial charge in [-0.1, -0.05) is 0 Å². The van der Waals surface area contributed by atoms with Crippen LogP contribution in [0.3, 0.4) is 0 Å². The third-order valence-corrected chi connectivity index (χ3v) is 2.82.